The number of β-lactam (4-membered cyclic amide) rings is 1. The van der Waals surface area contributed by atoms with E-state index >= 15 is 0 Å². The highest BCUT2D eigenvalue weighted by Gasteiger charge is 2.54. The van der Waals surface area contributed by atoms with Gasteiger partial charge in [-0.2, -0.15) is 0 Å². The van der Waals surface area contributed by atoms with E-state index in [1.54, 1.807) is 24.2 Å². The average molecular weight is 634 g/mol. The molecule has 3 aromatic carbocycles. The van der Waals surface area contributed by atoms with Crippen LogP contribution in [-0.2, 0) is 25.5 Å². The lowest BCUT2D eigenvalue weighted by atomic mass is 10.0. The molecule has 7 nitrogen and oxygen atoms in total. The highest BCUT2D eigenvalue weighted by atomic mass is 32.2. The fourth-order valence-electron chi connectivity index (χ4n) is 5.29. The molecular formula is C36H31N3O4S2. The van der Waals surface area contributed by atoms with Crippen molar-refractivity contribution in [1.82, 2.24) is 15.2 Å². The zero-order valence-corrected chi connectivity index (χ0v) is 26.0. The van der Waals surface area contributed by atoms with Crippen molar-refractivity contribution >= 4 is 47.4 Å². The van der Waals surface area contributed by atoms with Gasteiger partial charge in [-0.3, -0.25) is 19.5 Å². The fraction of sp³-hybridized carbons (Fsp3) is 0.167. The molecule has 226 valence electrons. The summed E-state index contributed by atoms with van der Waals surface area (Å²) >= 11 is 3.08. The summed E-state index contributed by atoms with van der Waals surface area (Å²) in [5.41, 5.74) is 4.56. The monoisotopic (exact) mass is 633 g/mol. The number of rotatable bonds is 11. The molecule has 4 aromatic rings. The van der Waals surface area contributed by atoms with E-state index in [-0.39, 0.29) is 23.9 Å². The predicted octanol–water partition coefficient (Wildman–Crippen LogP) is 6.02. The van der Waals surface area contributed by atoms with Crippen molar-refractivity contribution in [2.45, 2.75) is 23.9 Å². The van der Waals surface area contributed by atoms with Crippen LogP contribution in [0.15, 0.2) is 132 Å². The maximum Gasteiger partial charge on any atom is 0.356 e. The smallest absolute Gasteiger partial charge is 0.356 e. The Bertz CT molecular complexity index is 1660. The van der Waals surface area contributed by atoms with Crippen molar-refractivity contribution < 1.29 is 19.1 Å². The largest absolute Gasteiger partial charge is 0.448 e. The Balaban J connectivity index is 1.24. The fourth-order valence-corrected chi connectivity index (χ4v) is 7.55. The molecule has 0 aliphatic carbocycles. The molecule has 3 heterocycles. The Morgan fingerprint density at radius 3 is 2.27 bits per heavy atom. The summed E-state index contributed by atoms with van der Waals surface area (Å²) in [5.74, 6) is -0.0870. The number of nitrogens with one attached hydrogen (secondary N) is 1. The van der Waals surface area contributed by atoms with Crippen molar-refractivity contribution in [3.05, 3.63) is 154 Å². The van der Waals surface area contributed by atoms with Gasteiger partial charge in [0.1, 0.15) is 17.1 Å². The van der Waals surface area contributed by atoms with Crippen LogP contribution in [0.2, 0.25) is 0 Å². The van der Waals surface area contributed by atoms with E-state index in [0.717, 1.165) is 27.8 Å². The van der Waals surface area contributed by atoms with E-state index in [4.69, 9.17) is 4.74 Å². The van der Waals surface area contributed by atoms with Crippen LogP contribution in [0.5, 0.6) is 0 Å². The number of carbonyl (C=O) groups excluding carboxylic acids is 3. The Kier molecular flexibility index (Phi) is 9.77. The van der Waals surface area contributed by atoms with Crippen molar-refractivity contribution in [1.29, 1.82) is 0 Å². The van der Waals surface area contributed by atoms with E-state index < -0.39 is 23.5 Å². The van der Waals surface area contributed by atoms with Gasteiger partial charge in [0.2, 0.25) is 5.91 Å². The summed E-state index contributed by atoms with van der Waals surface area (Å²) in [6, 6.07) is 31.7. The zero-order valence-electron chi connectivity index (χ0n) is 24.3. The number of amides is 2. The minimum atomic E-state index is -0.715. The lowest BCUT2D eigenvalue weighted by Crippen LogP contribution is -2.70. The van der Waals surface area contributed by atoms with Crippen molar-refractivity contribution in [3.8, 4) is 0 Å². The van der Waals surface area contributed by atoms with Crippen molar-refractivity contribution in [2.75, 3.05) is 11.5 Å². The summed E-state index contributed by atoms with van der Waals surface area (Å²) in [7, 11) is 0. The first kappa shape index (κ1) is 30.4. The number of pyridine rings is 1. The predicted molar refractivity (Wildman–Crippen MR) is 179 cm³/mol. The second-order valence-corrected chi connectivity index (χ2v) is 12.6. The van der Waals surface area contributed by atoms with E-state index in [0.29, 0.717) is 11.5 Å². The van der Waals surface area contributed by atoms with Crippen LogP contribution in [-0.4, -0.2) is 50.6 Å². The summed E-state index contributed by atoms with van der Waals surface area (Å²) in [6.45, 7) is 0. The normalized spacial score (nSPS) is 17.6. The highest BCUT2D eigenvalue weighted by Crippen LogP contribution is 2.42. The molecule has 6 rings (SSSR count). The molecule has 0 spiro atoms. The molecule has 2 aliphatic heterocycles. The van der Waals surface area contributed by atoms with Gasteiger partial charge >= 0.3 is 5.97 Å². The zero-order chi connectivity index (χ0) is 31.0. The molecule has 0 saturated carbocycles. The van der Waals surface area contributed by atoms with Gasteiger partial charge in [0.25, 0.3) is 5.91 Å². The van der Waals surface area contributed by atoms with Gasteiger partial charge in [0, 0.05) is 23.9 Å². The topological polar surface area (TPSA) is 88.6 Å². The molecule has 2 aliphatic rings. The molecule has 1 aromatic heterocycles. The number of thioether (sulfide) groups is 2. The Hall–Kier alpha value is -4.60. The lowest BCUT2D eigenvalue weighted by Gasteiger charge is -2.49. The van der Waals surface area contributed by atoms with E-state index in [1.165, 1.54) is 16.7 Å². The van der Waals surface area contributed by atoms with Gasteiger partial charge in [-0.15, -0.1) is 23.5 Å². The maximum absolute atomic E-state index is 14.1. The Morgan fingerprint density at radius 2 is 1.62 bits per heavy atom. The number of esters is 1. The van der Waals surface area contributed by atoms with Crippen molar-refractivity contribution in [3.63, 3.8) is 0 Å². The third-order valence-electron chi connectivity index (χ3n) is 7.49. The number of nitrogens with zero attached hydrogens (tertiary/aromatic N) is 2. The maximum atomic E-state index is 14.1. The number of hydrogen-bond acceptors (Lipinski definition) is 7. The number of benzene rings is 3. The van der Waals surface area contributed by atoms with Crippen LogP contribution >= 0.6 is 23.5 Å². The van der Waals surface area contributed by atoms with Gasteiger partial charge in [-0.25, -0.2) is 4.79 Å². The third kappa shape index (κ3) is 7.21. The minimum Gasteiger partial charge on any atom is -0.448 e. The van der Waals surface area contributed by atoms with Crippen LogP contribution in [0.3, 0.4) is 0 Å². The van der Waals surface area contributed by atoms with Crippen LogP contribution in [0, 0.1) is 0 Å². The summed E-state index contributed by atoms with van der Waals surface area (Å²) in [5, 5.41) is 4.47. The standard InChI is InChI=1S/C36H31N3O4S2/c40-30(21-25-11-4-1-5-12-25)38-31-34(41)39-32(29(24-45-35(31)39)23-44-20-18-26-13-10-19-37-22-26)36(42)43-33(27-14-6-2-7-15-27)28-16-8-3-9-17-28/h1-20,22,31,33,35H,21,23-24H2,(H,38,40)/b20-18-/t31?,35-/m0/s1. The van der Waals surface area contributed by atoms with E-state index in [2.05, 4.69) is 10.3 Å². The van der Waals surface area contributed by atoms with Crippen LogP contribution < -0.4 is 5.32 Å². The lowest BCUT2D eigenvalue weighted by molar-refractivity contribution is -0.154. The molecule has 1 fully saturated rings. The number of aromatic nitrogens is 1. The SMILES string of the molecule is O=C(Cc1ccccc1)NC1C(=O)N2C(C(=O)OC(c3ccccc3)c3ccccc3)=C(CS/C=C\c3cccnc3)CS[C@@H]12. The molecule has 0 radical (unpaired) electrons. The van der Waals surface area contributed by atoms with E-state index in [9.17, 15) is 14.4 Å². The molecule has 2 amide bonds. The second kappa shape index (κ2) is 14.5. The van der Waals surface area contributed by atoms with Gasteiger partial charge in [-0.1, -0.05) is 97.1 Å². The molecule has 45 heavy (non-hydrogen) atoms. The molecule has 1 N–H and O–H groups in total. The number of hydrogen-bond donors (Lipinski definition) is 1. The van der Waals surface area contributed by atoms with E-state index in [1.807, 2.05) is 115 Å². The highest BCUT2D eigenvalue weighted by molar-refractivity contribution is 8.02. The molecule has 9 heteroatoms. The summed E-state index contributed by atoms with van der Waals surface area (Å²) in [4.78, 5) is 46.2. The van der Waals surface area contributed by atoms with Gasteiger partial charge < -0.3 is 10.1 Å². The van der Waals surface area contributed by atoms with Gasteiger partial charge in [0.05, 0.1) is 6.42 Å². The number of fused-ring (bicyclic) bond motifs is 1. The average Bonchev–Trinajstić information content (AvgIpc) is 3.09. The molecule has 1 unspecified atom stereocenters. The van der Waals surface area contributed by atoms with Gasteiger partial charge in [-0.05, 0) is 45.4 Å². The molecule has 2 atom stereocenters. The van der Waals surface area contributed by atoms with Crippen LogP contribution in [0.1, 0.15) is 28.4 Å². The molecule has 0 bridgehead atoms. The Labute approximate surface area is 270 Å². The second-order valence-electron chi connectivity index (χ2n) is 10.6. The number of carbonyl (C=O) groups is 3. The quantitative estimate of drug-likeness (QED) is 0.160. The first-order valence-corrected chi connectivity index (χ1v) is 16.7. The third-order valence-corrected chi connectivity index (χ3v) is 9.68. The van der Waals surface area contributed by atoms with Gasteiger partial charge in [0.15, 0.2) is 6.10 Å². The number of ether oxygens (including phenoxy) is 1. The summed E-state index contributed by atoms with van der Waals surface area (Å²) < 4.78 is 6.24. The van der Waals surface area contributed by atoms with Crippen LogP contribution in [0.4, 0.5) is 0 Å². The first-order chi connectivity index (χ1) is 22.1. The summed E-state index contributed by atoms with van der Waals surface area (Å²) in [6.07, 6.45) is 4.98. The molecule has 1 saturated heterocycles. The van der Waals surface area contributed by atoms with Crippen molar-refractivity contribution in [2.24, 2.45) is 0 Å². The Morgan fingerprint density at radius 1 is 0.956 bits per heavy atom. The molecular weight excluding hydrogens is 603 g/mol. The first-order valence-electron chi connectivity index (χ1n) is 14.6. The van der Waals surface area contributed by atoms with Crippen LogP contribution in [0.25, 0.3) is 6.08 Å². The minimum absolute atomic E-state index is 0.174.